The molecule has 0 saturated carbocycles. The normalized spacial score (nSPS) is 11.6. The van der Waals surface area contributed by atoms with Gasteiger partial charge < -0.3 is 8.85 Å². The van der Waals surface area contributed by atoms with Crippen molar-refractivity contribution in [1.82, 2.24) is 0 Å². The first-order chi connectivity index (χ1) is 12.3. The summed E-state index contributed by atoms with van der Waals surface area (Å²) in [5, 5.41) is 0. The van der Waals surface area contributed by atoms with Gasteiger partial charge in [-0.15, -0.1) is 0 Å². The second-order valence-corrected chi connectivity index (χ2v) is 8.32. The van der Waals surface area contributed by atoms with Gasteiger partial charge >= 0.3 is 9.28 Å². The molecule has 0 aliphatic heterocycles. The first kappa shape index (κ1) is 17.6. The highest BCUT2D eigenvalue weighted by atomic mass is 28.3. The molecule has 3 aromatic carbocycles. The van der Waals surface area contributed by atoms with Crippen molar-refractivity contribution in [2.24, 2.45) is 0 Å². The highest BCUT2D eigenvalue weighted by Gasteiger charge is 2.39. The zero-order chi connectivity index (χ0) is 17.5. The third kappa shape index (κ3) is 3.59. The minimum Gasteiger partial charge on any atom is -0.400 e. The number of hydrogen-bond acceptors (Lipinski definition) is 2. The van der Waals surface area contributed by atoms with Gasteiger partial charge in [-0.05, 0) is 16.7 Å². The molecule has 0 fully saturated rings. The van der Waals surface area contributed by atoms with E-state index < -0.39 is 9.28 Å². The molecule has 25 heavy (non-hydrogen) atoms. The van der Waals surface area contributed by atoms with Crippen molar-refractivity contribution in [1.29, 1.82) is 0 Å². The molecule has 0 aromatic heterocycles. The molecule has 0 aliphatic rings. The molecule has 0 saturated heterocycles. The Bertz CT molecular complexity index is 659. The van der Waals surface area contributed by atoms with Gasteiger partial charge in [0.05, 0.1) is 0 Å². The minimum absolute atomic E-state index is 0.285. The average Bonchev–Trinajstić information content (AvgIpc) is 2.71. The molecule has 0 spiro atoms. The van der Waals surface area contributed by atoms with Crippen molar-refractivity contribution >= 4 is 9.28 Å². The molecule has 0 amide bonds. The minimum atomic E-state index is -1.83. The lowest BCUT2D eigenvalue weighted by molar-refractivity contribution is 0.271. The third-order valence-corrected chi connectivity index (χ3v) is 6.80. The van der Waals surface area contributed by atoms with Crippen molar-refractivity contribution in [3.05, 3.63) is 108 Å². The first-order valence-electron chi connectivity index (χ1n) is 8.53. The molecule has 3 rings (SSSR count). The van der Waals surface area contributed by atoms with Crippen LogP contribution < -0.4 is 0 Å². The largest absolute Gasteiger partial charge is 0.400 e. The van der Waals surface area contributed by atoms with Crippen LogP contribution in [0.1, 0.15) is 16.7 Å². The Balaban J connectivity index is 2.27. The fourth-order valence-corrected chi connectivity index (χ4v) is 5.27. The fraction of sp³-hybridized carbons (Fsp3) is 0.182. The Morgan fingerprint density at radius 2 is 0.920 bits per heavy atom. The van der Waals surface area contributed by atoms with Crippen molar-refractivity contribution in [2.45, 2.75) is 11.5 Å². The topological polar surface area (TPSA) is 18.5 Å². The van der Waals surface area contributed by atoms with Crippen LogP contribution in [-0.4, -0.2) is 23.5 Å². The first-order valence-corrected chi connectivity index (χ1v) is 10.3. The quantitative estimate of drug-likeness (QED) is 0.461. The Morgan fingerprint density at radius 3 is 1.20 bits per heavy atom. The van der Waals surface area contributed by atoms with Crippen molar-refractivity contribution < 1.29 is 8.85 Å². The van der Waals surface area contributed by atoms with Gasteiger partial charge in [0.1, 0.15) is 0 Å². The predicted octanol–water partition coefficient (Wildman–Crippen LogP) is 4.53. The standard InChI is InChI=1S/C22H24O2Si/c1-23-25(24-2)18-22(19-12-6-3-7-13-19,20-14-8-4-9-15-20)21-16-10-5-11-17-21/h3-17,25H,18H2,1-2H3. The van der Waals surface area contributed by atoms with Crippen LogP contribution in [0.15, 0.2) is 91.0 Å². The van der Waals surface area contributed by atoms with Crippen LogP contribution in [0.3, 0.4) is 0 Å². The van der Waals surface area contributed by atoms with Gasteiger partial charge in [-0.1, -0.05) is 91.0 Å². The Kier molecular flexibility index (Phi) is 5.82. The lowest BCUT2D eigenvalue weighted by Crippen LogP contribution is -2.36. The molecule has 0 radical (unpaired) electrons. The van der Waals surface area contributed by atoms with E-state index in [-0.39, 0.29) is 5.41 Å². The number of hydrogen-bond donors (Lipinski definition) is 0. The van der Waals surface area contributed by atoms with E-state index in [1.807, 2.05) is 0 Å². The van der Waals surface area contributed by atoms with Gasteiger partial charge in [0.15, 0.2) is 0 Å². The van der Waals surface area contributed by atoms with Crippen LogP contribution in [0.5, 0.6) is 0 Å². The van der Waals surface area contributed by atoms with Gasteiger partial charge in [-0.25, -0.2) is 0 Å². The van der Waals surface area contributed by atoms with E-state index in [1.54, 1.807) is 14.2 Å². The number of benzene rings is 3. The van der Waals surface area contributed by atoms with Crippen molar-refractivity contribution in [3.8, 4) is 0 Å². The summed E-state index contributed by atoms with van der Waals surface area (Å²) in [5.74, 6) is 0. The van der Waals surface area contributed by atoms with Crippen molar-refractivity contribution in [2.75, 3.05) is 14.2 Å². The third-order valence-electron chi connectivity index (χ3n) is 4.80. The van der Waals surface area contributed by atoms with Gasteiger partial charge in [-0.3, -0.25) is 0 Å². The molecule has 0 N–H and O–H groups in total. The van der Waals surface area contributed by atoms with E-state index in [0.29, 0.717) is 0 Å². The van der Waals surface area contributed by atoms with Crippen LogP contribution in [0, 0.1) is 0 Å². The molecule has 3 heteroatoms. The van der Waals surface area contributed by atoms with Crippen LogP contribution in [-0.2, 0) is 14.3 Å². The van der Waals surface area contributed by atoms with E-state index in [0.717, 1.165) is 6.04 Å². The summed E-state index contributed by atoms with van der Waals surface area (Å²) in [6.07, 6.45) is 0. The molecule has 128 valence electrons. The molecule has 0 aliphatic carbocycles. The lowest BCUT2D eigenvalue weighted by atomic mass is 9.71. The van der Waals surface area contributed by atoms with Crippen LogP contribution in [0.4, 0.5) is 0 Å². The summed E-state index contributed by atoms with van der Waals surface area (Å²) in [7, 11) is 1.69. The summed E-state index contributed by atoms with van der Waals surface area (Å²) in [5.41, 5.74) is 3.50. The smallest absolute Gasteiger partial charge is 0.322 e. The highest BCUT2D eigenvalue weighted by molar-refractivity contribution is 6.45. The second kappa shape index (κ2) is 8.25. The van der Waals surface area contributed by atoms with Crippen molar-refractivity contribution in [3.63, 3.8) is 0 Å². The molecular formula is C22H24O2Si. The van der Waals surface area contributed by atoms with Gasteiger partial charge in [0.25, 0.3) is 0 Å². The predicted molar refractivity (Wildman–Crippen MR) is 105 cm³/mol. The maximum absolute atomic E-state index is 5.74. The molecule has 0 atom stereocenters. The Morgan fingerprint density at radius 1 is 0.600 bits per heavy atom. The summed E-state index contributed by atoms with van der Waals surface area (Å²) in [6.45, 7) is 0. The second-order valence-electron chi connectivity index (χ2n) is 6.11. The molecule has 0 bridgehead atoms. The van der Waals surface area contributed by atoms with Gasteiger partial charge in [0.2, 0.25) is 0 Å². The summed E-state index contributed by atoms with van der Waals surface area (Å²) < 4.78 is 11.5. The number of rotatable bonds is 7. The monoisotopic (exact) mass is 348 g/mol. The van der Waals surface area contributed by atoms with Crippen LogP contribution in [0.2, 0.25) is 6.04 Å². The van der Waals surface area contributed by atoms with Gasteiger partial charge in [-0.2, -0.15) is 0 Å². The van der Waals surface area contributed by atoms with E-state index in [4.69, 9.17) is 8.85 Å². The maximum Gasteiger partial charge on any atom is 0.322 e. The molecule has 0 unspecified atom stereocenters. The lowest BCUT2D eigenvalue weighted by Gasteiger charge is -2.37. The molecule has 3 aromatic rings. The van der Waals surface area contributed by atoms with E-state index in [9.17, 15) is 0 Å². The zero-order valence-corrected chi connectivity index (χ0v) is 15.9. The Labute approximate surface area is 151 Å². The van der Waals surface area contributed by atoms with Gasteiger partial charge in [0, 0.05) is 25.7 Å². The van der Waals surface area contributed by atoms with E-state index in [2.05, 4.69) is 91.0 Å². The van der Waals surface area contributed by atoms with E-state index >= 15 is 0 Å². The molecular weight excluding hydrogens is 324 g/mol. The summed E-state index contributed by atoms with van der Waals surface area (Å²) in [4.78, 5) is 0. The Hall–Kier alpha value is -2.20. The average molecular weight is 349 g/mol. The molecule has 2 nitrogen and oxygen atoms in total. The summed E-state index contributed by atoms with van der Waals surface area (Å²) in [6, 6.07) is 32.9. The maximum atomic E-state index is 5.74. The van der Waals surface area contributed by atoms with E-state index in [1.165, 1.54) is 16.7 Å². The van der Waals surface area contributed by atoms with Crippen LogP contribution in [0.25, 0.3) is 0 Å². The van der Waals surface area contributed by atoms with Crippen LogP contribution >= 0.6 is 0 Å². The zero-order valence-electron chi connectivity index (χ0n) is 14.8. The SMILES string of the molecule is CO[SiH](CC(c1ccccc1)(c1ccccc1)c1ccccc1)OC. The fourth-order valence-electron chi connectivity index (χ4n) is 3.53. The summed E-state index contributed by atoms with van der Waals surface area (Å²) >= 11 is 0. The molecule has 0 heterocycles. The highest BCUT2D eigenvalue weighted by Crippen LogP contribution is 2.43.